The first kappa shape index (κ1) is 24.9. The molecular weight excluding hydrogens is 471 g/mol. The summed E-state index contributed by atoms with van der Waals surface area (Å²) in [7, 11) is 1.60. The number of thiophene rings is 1. The quantitative estimate of drug-likeness (QED) is 0.311. The topological polar surface area (TPSA) is 62.7 Å². The molecule has 3 aromatic rings. The number of hydrogen-bond donors (Lipinski definition) is 1. The minimum Gasteiger partial charge on any atom is -0.497 e. The fraction of sp³-hybridized carbons (Fsp3) is 0.462. The molecule has 182 valence electrons. The number of thioether (sulfide) groups is 1. The zero-order valence-electron chi connectivity index (χ0n) is 19.4. The summed E-state index contributed by atoms with van der Waals surface area (Å²) in [4.78, 5) is 18.3. The summed E-state index contributed by atoms with van der Waals surface area (Å²) in [6.45, 7) is 2.66. The van der Waals surface area contributed by atoms with Crippen LogP contribution in [-0.2, 0) is 4.79 Å². The standard InChI is InChI=1S/C26H31FN2O3S2/c1-32-20-5-7-24-22(16-20)21(8-10-28-24)23(27)6-4-18-9-11-29(17-19(18)15-25(30)31)12-14-34-26-3-2-13-33-26/h2-3,5,7-8,10,13,16,18-19,23H,4,6,9,11-12,14-15,17H2,1H3,(H,30,31)/t18-,19+,23-/m1/s1. The molecule has 34 heavy (non-hydrogen) atoms. The van der Waals surface area contributed by atoms with E-state index in [0.717, 1.165) is 42.7 Å². The number of fused-ring (bicyclic) bond motifs is 1. The van der Waals surface area contributed by atoms with Crippen molar-refractivity contribution in [2.45, 2.75) is 36.1 Å². The number of alkyl halides is 1. The van der Waals surface area contributed by atoms with E-state index in [4.69, 9.17) is 4.74 Å². The molecule has 5 nitrogen and oxygen atoms in total. The molecule has 0 saturated carbocycles. The van der Waals surface area contributed by atoms with Gasteiger partial charge in [0.05, 0.1) is 16.8 Å². The molecule has 1 fully saturated rings. The molecular formula is C26H31FN2O3S2. The third kappa shape index (κ3) is 6.49. The molecule has 0 aliphatic carbocycles. The first-order chi connectivity index (χ1) is 16.5. The first-order valence-corrected chi connectivity index (χ1v) is 13.6. The number of nitrogens with zero attached hydrogens (tertiary/aromatic N) is 2. The number of pyridine rings is 1. The molecule has 1 aromatic carbocycles. The van der Waals surface area contributed by atoms with Crippen LogP contribution in [0, 0.1) is 11.8 Å². The second-order valence-electron chi connectivity index (χ2n) is 8.82. The molecule has 0 bridgehead atoms. The summed E-state index contributed by atoms with van der Waals surface area (Å²) < 4.78 is 22.0. The maximum Gasteiger partial charge on any atom is 0.303 e. The molecule has 0 unspecified atom stereocenters. The summed E-state index contributed by atoms with van der Waals surface area (Å²) in [6.07, 6.45) is 2.65. The van der Waals surface area contributed by atoms with Gasteiger partial charge < -0.3 is 14.7 Å². The monoisotopic (exact) mass is 502 g/mol. The predicted octanol–water partition coefficient (Wildman–Crippen LogP) is 6.30. The van der Waals surface area contributed by atoms with Crippen LogP contribution in [0.4, 0.5) is 4.39 Å². The lowest BCUT2D eigenvalue weighted by Gasteiger charge is -2.38. The van der Waals surface area contributed by atoms with Crippen LogP contribution in [0.5, 0.6) is 5.75 Å². The van der Waals surface area contributed by atoms with Gasteiger partial charge in [0.25, 0.3) is 0 Å². The lowest BCUT2D eigenvalue weighted by atomic mass is 9.79. The zero-order chi connectivity index (χ0) is 23.9. The number of benzene rings is 1. The Bertz CT molecular complexity index is 1080. The highest BCUT2D eigenvalue weighted by molar-refractivity contribution is 8.01. The Hall–Kier alpha value is -2.16. The summed E-state index contributed by atoms with van der Waals surface area (Å²) in [5.74, 6) is 1.18. The van der Waals surface area contributed by atoms with Crippen molar-refractivity contribution in [2.24, 2.45) is 11.8 Å². The molecule has 1 N–H and O–H groups in total. The van der Waals surface area contributed by atoms with E-state index in [2.05, 4.69) is 27.4 Å². The van der Waals surface area contributed by atoms with Crippen molar-refractivity contribution >= 4 is 40.0 Å². The average Bonchev–Trinajstić information content (AvgIpc) is 3.36. The van der Waals surface area contributed by atoms with Crippen molar-refractivity contribution in [3.63, 3.8) is 0 Å². The number of rotatable bonds is 11. The van der Waals surface area contributed by atoms with Gasteiger partial charge in [0.1, 0.15) is 11.9 Å². The van der Waals surface area contributed by atoms with Gasteiger partial charge in [-0.3, -0.25) is 9.78 Å². The van der Waals surface area contributed by atoms with Gasteiger partial charge in [-0.1, -0.05) is 6.07 Å². The van der Waals surface area contributed by atoms with E-state index in [-0.39, 0.29) is 18.3 Å². The molecule has 8 heteroatoms. The summed E-state index contributed by atoms with van der Waals surface area (Å²) in [6, 6.07) is 11.4. The van der Waals surface area contributed by atoms with Crippen LogP contribution >= 0.6 is 23.1 Å². The minimum atomic E-state index is -1.12. The highest BCUT2D eigenvalue weighted by Crippen LogP contribution is 2.36. The number of aromatic nitrogens is 1. The molecule has 0 spiro atoms. The lowest BCUT2D eigenvalue weighted by Crippen LogP contribution is -2.42. The van der Waals surface area contributed by atoms with Crippen molar-refractivity contribution in [1.29, 1.82) is 0 Å². The number of ether oxygens (including phenoxy) is 1. The van der Waals surface area contributed by atoms with Crippen LogP contribution < -0.4 is 4.74 Å². The number of carboxylic acids is 1. The van der Waals surface area contributed by atoms with Crippen molar-refractivity contribution in [3.05, 3.63) is 53.5 Å². The summed E-state index contributed by atoms with van der Waals surface area (Å²) in [5.41, 5.74) is 1.38. The van der Waals surface area contributed by atoms with E-state index in [0.29, 0.717) is 24.2 Å². The van der Waals surface area contributed by atoms with Gasteiger partial charge in [-0.2, -0.15) is 0 Å². The molecule has 1 aliphatic rings. The Kier molecular flexibility index (Phi) is 8.80. The van der Waals surface area contributed by atoms with Crippen molar-refractivity contribution in [1.82, 2.24) is 9.88 Å². The number of hydrogen-bond acceptors (Lipinski definition) is 6. The van der Waals surface area contributed by atoms with Crippen LogP contribution in [0.25, 0.3) is 10.9 Å². The van der Waals surface area contributed by atoms with Gasteiger partial charge in [-0.25, -0.2) is 4.39 Å². The molecule has 3 heterocycles. The molecule has 3 atom stereocenters. The SMILES string of the molecule is COc1ccc2nccc([C@H](F)CC[C@@H]3CCN(CCSc4cccs4)C[C@@H]3CC(=O)O)c2c1. The number of carbonyl (C=O) groups is 1. The lowest BCUT2D eigenvalue weighted by molar-refractivity contribution is -0.139. The maximum absolute atomic E-state index is 15.4. The van der Waals surface area contributed by atoms with E-state index in [1.165, 1.54) is 4.21 Å². The number of halogens is 1. The Balaban J connectivity index is 1.35. The Morgan fingerprint density at radius 2 is 2.24 bits per heavy atom. The molecule has 2 aromatic heterocycles. The average molecular weight is 503 g/mol. The molecule has 0 radical (unpaired) electrons. The number of methoxy groups -OCH3 is 1. The summed E-state index contributed by atoms with van der Waals surface area (Å²) in [5, 5.41) is 12.3. The zero-order valence-corrected chi connectivity index (χ0v) is 21.0. The number of aliphatic carboxylic acids is 1. The number of piperidine rings is 1. The minimum absolute atomic E-state index is 0.0551. The second kappa shape index (κ2) is 12.0. The maximum atomic E-state index is 15.4. The highest BCUT2D eigenvalue weighted by atomic mass is 32.2. The third-order valence-corrected chi connectivity index (χ3v) is 8.78. The Labute approximate surface area is 208 Å². The number of carboxylic acid groups (broad SMARTS) is 1. The van der Waals surface area contributed by atoms with Gasteiger partial charge in [0.2, 0.25) is 0 Å². The van der Waals surface area contributed by atoms with Crippen LogP contribution in [0.2, 0.25) is 0 Å². The molecule has 0 amide bonds. The molecule has 1 saturated heterocycles. The third-order valence-electron chi connectivity index (χ3n) is 6.67. The summed E-state index contributed by atoms with van der Waals surface area (Å²) >= 11 is 3.60. The van der Waals surface area contributed by atoms with Crippen LogP contribution in [0.15, 0.2) is 52.2 Å². The van der Waals surface area contributed by atoms with E-state index in [1.807, 2.05) is 30.0 Å². The van der Waals surface area contributed by atoms with Crippen LogP contribution in [-0.4, -0.2) is 53.5 Å². The first-order valence-electron chi connectivity index (χ1n) is 11.7. The van der Waals surface area contributed by atoms with E-state index >= 15 is 4.39 Å². The van der Waals surface area contributed by atoms with Gasteiger partial charge in [-0.15, -0.1) is 23.1 Å². The van der Waals surface area contributed by atoms with E-state index in [9.17, 15) is 9.90 Å². The normalized spacial score (nSPS) is 19.8. The van der Waals surface area contributed by atoms with Gasteiger partial charge in [-0.05, 0) is 78.9 Å². The highest BCUT2D eigenvalue weighted by Gasteiger charge is 2.31. The van der Waals surface area contributed by atoms with Crippen LogP contribution in [0.1, 0.15) is 37.4 Å². The predicted molar refractivity (Wildman–Crippen MR) is 137 cm³/mol. The second-order valence-corrected chi connectivity index (χ2v) is 11.2. The Morgan fingerprint density at radius 1 is 1.35 bits per heavy atom. The van der Waals surface area contributed by atoms with Crippen LogP contribution in [0.3, 0.4) is 0 Å². The molecule has 4 rings (SSSR count). The van der Waals surface area contributed by atoms with Gasteiger partial charge >= 0.3 is 5.97 Å². The Morgan fingerprint density at radius 3 is 3.00 bits per heavy atom. The smallest absolute Gasteiger partial charge is 0.303 e. The van der Waals surface area contributed by atoms with Gasteiger partial charge in [0.15, 0.2) is 0 Å². The van der Waals surface area contributed by atoms with E-state index in [1.54, 1.807) is 30.7 Å². The van der Waals surface area contributed by atoms with Crippen molar-refractivity contribution < 1.29 is 19.0 Å². The largest absolute Gasteiger partial charge is 0.497 e. The van der Waals surface area contributed by atoms with Gasteiger partial charge in [0, 0.05) is 36.8 Å². The van der Waals surface area contributed by atoms with Crippen molar-refractivity contribution in [2.75, 3.05) is 32.5 Å². The fourth-order valence-electron chi connectivity index (χ4n) is 4.88. The van der Waals surface area contributed by atoms with E-state index < -0.39 is 12.1 Å². The van der Waals surface area contributed by atoms with Crippen molar-refractivity contribution in [3.8, 4) is 5.75 Å². The number of likely N-dealkylation sites (tertiary alicyclic amines) is 1. The molecule has 1 aliphatic heterocycles. The fourth-order valence-corrected chi connectivity index (χ4v) is 6.74.